The number of aromatic nitrogens is 2. The molecule has 0 atom stereocenters. The average molecular weight is 499 g/mol. The standard InChI is InChI=1S/C27H19ClN4O4/c28-20-10-12-22(13-11-20)35-17-25(33)30-29-15-19-16-32(21-7-2-1-3-8-21)31-26(19)23-14-18-6-4-5-9-24(18)36-27(23)34/h1-16H,17H2,(H,30,33)/b29-15+. The van der Waals surface area contributed by atoms with Crippen LogP contribution in [0.4, 0.5) is 0 Å². The number of fused-ring (bicyclic) bond motifs is 1. The van der Waals surface area contributed by atoms with Crippen LogP contribution < -0.4 is 15.8 Å². The van der Waals surface area contributed by atoms with Gasteiger partial charge in [-0.1, -0.05) is 48.0 Å². The van der Waals surface area contributed by atoms with Crippen molar-refractivity contribution in [3.05, 3.63) is 112 Å². The van der Waals surface area contributed by atoms with E-state index >= 15 is 0 Å². The van der Waals surface area contributed by atoms with Crippen LogP contribution in [0.15, 0.2) is 105 Å². The first kappa shape index (κ1) is 23.1. The lowest BCUT2D eigenvalue weighted by atomic mass is 10.1. The van der Waals surface area contributed by atoms with Gasteiger partial charge in [0.1, 0.15) is 17.0 Å². The molecule has 0 aliphatic heterocycles. The second-order valence-electron chi connectivity index (χ2n) is 7.73. The molecule has 3 aromatic carbocycles. The summed E-state index contributed by atoms with van der Waals surface area (Å²) in [5, 5.41) is 9.99. The molecule has 0 saturated carbocycles. The van der Waals surface area contributed by atoms with Gasteiger partial charge in [-0.3, -0.25) is 4.79 Å². The lowest BCUT2D eigenvalue weighted by Crippen LogP contribution is -2.24. The summed E-state index contributed by atoms with van der Waals surface area (Å²) < 4.78 is 12.6. The van der Waals surface area contributed by atoms with Crippen LogP contribution in [-0.2, 0) is 4.79 Å². The first-order valence-corrected chi connectivity index (χ1v) is 11.3. The Morgan fingerprint density at radius 2 is 1.81 bits per heavy atom. The summed E-state index contributed by atoms with van der Waals surface area (Å²) in [7, 11) is 0. The Balaban J connectivity index is 1.41. The summed E-state index contributed by atoms with van der Waals surface area (Å²) in [5.41, 5.74) is 4.34. The number of benzene rings is 3. The van der Waals surface area contributed by atoms with E-state index in [0.717, 1.165) is 11.1 Å². The zero-order valence-electron chi connectivity index (χ0n) is 18.8. The minimum Gasteiger partial charge on any atom is -0.484 e. The average Bonchev–Trinajstić information content (AvgIpc) is 3.32. The summed E-state index contributed by atoms with van der Waals surface area (Å²) in [4.78, 5) is 25.0. The van der Waals surface area contributed by atoms with E-state index in [9.17, 15) is 9.59 Å². The number of halogens is 1. The number of hydrazone groups is 1. The molecule has 178 valence electrons. The minimum absolute atomic E-state index is 0.233. The number of ether oxygens (including phenoxy) is 1. The molecule has 8 nitrogen and oxygen atoms in total. The van der Waals surface area contributed by atoms with E-state index in [-0.39, 0.29) is 12.2 Å². The summed E-state index contributed by atoms with van der Waals surface area (Å²) >= 11 is 5.85. The third-order valence-electron chi connectivity index (χ3n) is 5.24. The topological polar surface area (TPSA) is 98.7 Å². The van der Waals surface area contributed by atoms with E-state index in [0.29, 0.717) is 27.6 Å². The quantitative estimate of drug-likeness (QED) is 0.197. The van der Waals surface area contributed by atoms with Gasteiger partial charge in [0.2, 0.25) is 0 Å². The molecule has 0 aliphatic carbocycles. The van der Waals surface area contributed by atoms with E-state index in [1.165, 1.54) is 6.21 Å². The Hall–Kier alpha value is -4.69. The Morgan fingerprint density at radius 1 is 1.06 bits per heavy atom. The fourth-order valence-electron chi connectivity index (χ4n) is 3.52. The molecule has 2 heterocycles. The molecule has 0 unspecified atom stereocenters. The predicted octanol–water partition coefficient (Wildman–Crippen LogP) is 4.83. The number of carbonyl (C=O) groups excluding carboxylic acids is 1. The highest BCUT2D eigenvalue weighted by molar-refractivity contribution is 6.30. The van der Waals surface area contributed by atoms with Crippen molar-refractivity contribution in [1.82, 2.24) is 15.2 Å². The van der Waals surface area contributed by atoms with E-state index in [4.69, 9.17) is 20.8 Å². The van der Waals surface area contributed by atoms with Crippen molar-refractivity contribution >= 4 is 34.7 Å². The molecule has 0 aliphatic rings. The van der Waals surface area contributed by atoms with Crippen molar-refractivity contribution in [3.8, 4) is 22.7 Å². The molecule has 0 radical (unpaired) electrons. The van der Waals surface area contributed by atoms with Gasteiger partial charge in [-0.15, -0.1) is 0 Å². The van der Waals surface area contributed by atoms with Crippen molar-refractivity contribution in [2.24, 2.45) is 5.10 Å². The summed E-state index contributed by atoms with van der Waals surface area (Å²) in [5.74, 6) is 0.0522. The van der Waals surface area contributed by atoms with Crippen molar-refractivity contribution in [1.29, 1.82) is 0 Å². The molecule has 2 aromatic heterocycles. The second kappa shape index (κ2) is 10.3. The summed E-state index contributed by atoms with van der Waals surface area (Å²) in [6.07, 6.45) is 3.15. The molecule has 5 aromatic rings. The maximum atomic E-state index is 12.8. The molecule has 36 heavy (non-hydrogen) atoms. The van der Waals surface area contributed by atoms with Crippen LogP contribution >= 0.6 is 11.6 Å². The maximum Gasteiger partial charge on any atom is 0.345 e. The Kier molecular flexibility index (Phi) is 6.59. The van der Waals surface area contributed by atoms with Gasteiger partial charge < -0.3 is 9.15 Å². The van der Waals surface area contributed by atoms with Crippen molar-refractivity contribution in [2.75, 3.05) is 6.61 Å². The molecule has 0 saturated heterocycles. The normalized spacial score (nSPS) is 11.1. The van der Waals surface area contributed by atoms with Gasteiger partial charge in [0.25, 0.3) is 5.91 Å². The van der Waals surface area contributed by atoms with Crippen LogP contribution in [0.25, 0.3) is 27.9 Å². The number of hydrogen-bond donors (Lipinski definition) is 1. The molecule has 0 spiro atoms. The van der Waals surface area contributed by atoms with Crippen molar-refractivity contribution in [3.63, 3.8) is 0 Å². The molecule has 5 rings (SSSR count). The predicted molar refractivity (Wildman–Crippen MR) is 138 cm³/mol. The minimum atomic E-state index is -0.526. The second-order valence-corrected chi connectivity index (χ2v) is 8.17. The number of nitrogens with one attached hydrogen (secondary N) is 1. The zero-order chi connectivity index (χ0) is 24.9. The highest BCUT2D eigenvalue weighted by Gasteiger charge is 2.16. The Morgan fingerprint density at radius 3 is 2.61 bits per heavy atom. The van der Waals surface area contributed by atoms with Gasteiger partial charge in [-0.25, -0.2) is 14.9 Å². The lowest BCUT2D eigenvalue weighted by Gasteiger charge is -2.04. The van der Waals surface area contributed by atoms with Crippen LogP contribution in [-0.4, -0.2) is 28.5 Å². The van der Waals surface area contributed by atoms with Crippen molar-refractivity contribution in [2.45, 2.75) is 0 Å². The fraction of sp³-hybridized carbons (Fsp3) is 0.0370. The van der Waals surface area contributed by atoms with Gasteiger partial charge in [0.15, 0.2) is 6.61 Å². The van der Waals surface area contributed by atoms with Gasteiger partial charge in [-0.05, 0) is 48.5 Å². The van der Waals surface area contributed by atoms with Crippen LogP contribution in [0.3, 0.4) is 0 Å². The first-order valence-electron chi connectivity index (χ1n) is 11.0. The molecule has 0 fully saturated rings. The highest BCUT2D eigenvalue weighted by Crippen LogP contribution is 2.23. The van der Waals surface area contributed by atoms with Crippen LogP contribution in [0.1, 0.15) is 5.56 Å². The maximum absolute atomic E-state index is 12.8. The summed E-state index contributed by atoms with van der Waals surface area (Å²) in [6.45, 7) is -0.233. The Bertz CT molecular complexity index is 1610. The number of hydrogen-bond acceptors (Lipinski definition) is 6. The lowest BCUT2D eigenvalue weighted by molar-refractivity contribution is -0.123. The third-order valence-corrected chi connectivity index (χ3v) is 5.49. The molecular weight excluding hydrogens is 480 g/mol. The fourth-order valence-corrected chi connectivity index (χ4v) is 3.64. The van der Waals surface area contributed by atoms with Gasteiger partial charge in [0, 0.05) is 22.2 Å². The smallest absolute Gasteiger partial charge is 0.345 e. The van der Waals surface area contributed by atoms with E-state index in [2.05, 4.69) is 15.6 Å². The highest BCUT2D eigenvalue weighted by atomic mass is 35.5. The van der Waals surface area contributed by atoms with E-state index < -0.39 is 11.5 Å². The first-order chi connectivity index (χ1) is 17.6. The van der Waals surface area contributed by atoms with Gasteiger partial charge in [-0.2, -0.15) is 10.2 Å². The molecule has 0 bridgehead atoms. The van der Waals surface area contributed by atoms with E-state index in [1.54, 1.807) is 53.3 Å². The molecular formula is C27H19ClN4O4. The number of nitrogens with zero attached hydrogens (tertiary/aromatic N) is 3. The SMILES string of the molecule is O=C(COc1ccc(Cl)cc1)N/N=C/c1cn(-c2ccccc2)nc1-c1cc2ccccc2oc1=O. The number of amides is 1. The largest absolute Gasteiger partial charge is 0.484 e. The van der Waals surface area contributed by atoms with Crippen LogP contribution in [0, 0.1) is 0 Å². The van der Waals surface area contributed by atoms with E-state index in [1.807, 2.05) is 42.5 Å². The number of rotatable bonds is 7. The Labute approximate surface area is 210 Å². The number of carbonyl (C=O) groups is 1. The molecule has 1 amide bonds. The zero-order valence-corrected chi connectivity index (χ0v) is 19.6. The molecule has 9 heteroatoms. The van der Waals surface area contributed by atoms with Gasteiger partial charge >= 0.3 is 5.63 Å². The monoisotopic (exact) mass is 498 g/mol. The van der Waals surface area contributed by atoms with Crippen LogP contribution in [0.2, 0.25) is 5.02 Å². The molecule has 1 N–H and O–H groups in total. The number of para-hydroxylation sites is 2. The van der Waals surface area contributed by atoms with Crippen molar-refractivity contribution < 1.29 is 13.9 Å². The summed E-state index contributed by atoms with van der Waals surface area (Å²) in [6, 6.07) is 25.1. The van der Waals surface area contributed by atoms with Crippen LogP contribution in [0.5, 0.6) is 5.75 Å². The third kappa shape index (κ3) is 5.18. The van der Waals surface area contributed by atoms with Gasteiger partial charge in [0.05, 0.1) is 17.5 Å².